The van der Waals surface area contributed by atoms with Crippen LogP contribution in [0.3, 0.4) is 0 Å². The van der Waals surface area contributed by atoms with E-state index in [0.29, 0.717) is 0 Å². The van der Waals surface area contributed by atoms with Crippen LogP contribution in [0.1, 0.15) is 16.7 Å². The standard InChI is InChI=1S/C17H20N2/c1-13-11-16(8-7-15(13)12-18-2)19-10-9-14-5-3-4-6-17(14)19/h3-8,11,18H,9-10,12H2,1-2H3. The Bertz CT molecular complexity index is 590. The van der Waals surface area contributed by atoms with E-state index in [1.807, 2.05) is 7.05 Å². The molecule has 0 unspecified atom stereocenters. The average Bonchev–Trinajstić information content (AvgIpc) is 2.85. The molecule has 0 bridgehead atoms. The lowest BCUT2D eigenvalue weighted by atomic mass is 10.1. The van der Waals surface area contributed by atoms with Gasteiger partial charge in [-0.2, -0.15) is 0 Å². The molecule has 1 aliphatic heterocycles. The van der Waals surface area contributed by atoms with Crippen LogP contribution in [0.4, 0.5) is 11.4 Å². The lowest BCUT2D eigenvalue weighted by Gasteiger charge is -2.21. The van der Waals surface area contributed by atoms with Crippen LogP contribution in [0.2, 0.25) is 0 Å². The van der Waals surface area contributed by atoms with Crippen molar-refractivity contribution in [1.82, 2.24) is 5.32 Å². The Hall–Kier alpha value is -1.80. The van der Waals surface area contributed by atoms with E-state index in [-0.39, 0.29) is 0 Å². The average molecular weight is 252 g/mol. The summed E-state index contributed by atoms with van der Waals surface area (Å²) in [6, 6.07) is 15.5. The molecule has 1 N–H and O–H groups in total. The molecule has 0 fully saturated rings. The van der Waals surface area contributed by atoms with E-state index in [1.54, 1.807) is 0 Å². The normalized spacial score (nSPS) is 13.7. The zero-order valence-corrected chi connectivity index (χ0v) is 11.6. The Labute approximate surface area is 115 Å². The zero-order chi connectivity index (χ0) is 13.2. The molecule has 0 saturated heterocycles. The molecular formula is C17H20N2. The second kappa shape index (κ2) is 5.06. The van der Waals surface area contributed by atoms with Gasteiger partial charge < -0.3 is 10.2 Å². The van der Waals surface area contributed by atoms with E-state index < -0.39 is 0 Å². The van der Waals surface area contributed by atoms with Gasteiger partial charge in [0.15, 0.2) is 0 Å². The fourth-order valence-electron chi connectivity index (χ4n) is 2.84. The predicted molar refractivity (Wildman–Crippen MR) is 81.1 cm³/mol. The highest BCUT2D eigenvalue weighted by Gasteiger charge is 2.19. The summed E-state index contributed by atoms with van der Waals surface area (Å²) in [6.07, 6.45) is 1.15. The van der Waals surface area contributed by atoms with Crippen LogP contribution in [0, 0.1) is 6.92 Å². The van der Waals surface area contributed by atoms with Crippen molar-refractivity contribution in [1.29, 1.82) is 0 Å². The molecule has 0 spiro atoms. The Morgan fingerprint density at radius 1 is 1.16 bits per heavy atom. The number of hydrogen-bond acceptors (Lipinski definition) is 2. The third-order valence-corrected chi connectivity index (χ3v) is 3.89. The fraction of sp³-hybridized carbons (Fsp3) is 0.294. The highest BCUT2D eigenvalue weighted by atomic mass is 15.2. The first-order valence-electron chi connectivity index (χ1n) is 6.89. The van der Waals surface area contributed by atoms with E-state index in [9.17, 15) is 0 Å². The molecule has 3 rings (SSSR count). The van der Waals surface area contributed by atoms with Crippen LogP contribution in [-0.4, -0.2) is 13.6 Å². The lowest BCUT2D eigenvalue weighted by molar-refractivity contribution is 0.812. The van der Waals surface area contributed by atoms with Gasteiger partial charge in [-0.25, -0.2) is 0 Å². The van der Waals surface area contributed by atoms with E-state index in [1.165, 1.54) is 28.1 Å². The monoisotopic (exact) mass is 252 g/mol. The molecule has 2 nitrogen and oxygen atoms in total. The second-order valence-electron chi connectivity index (χ2n) is 5.17. The minimum Gasteiger partial charge on any atom is -0.341 e. The summed E-state index contributed by atoms with van der Waals surface area (Å²) in [5, 5.41) is 3.22. The number of para-hydroxylation sites is 1. The molecule has 0 aromatic heterocycles. The number of nitrogens with one attached hydrogen (secondary N) is 1. The summed E-state index contributed by atoms with van der Waals surface area (Å²) in [4.78, 5) is 2.42. The van der Waals surface area contributed by atoms with Crippen molar-refractivity contribution in [3.63, 3.8) is 0 Å². The van der Waals surface area contributed by atoms with Crippen molar-refractivity contribution in [2.24, 2.45) is 0 Å². The van der Waals surface area contributed by atoms with Gasteiger partial charge in [0.1, 0.15) is 0 Å². The molecule has 98 valence electrons. The first-order valence-corrected chi connectivity index (χ1v) is 6.89. The van der Waals surface area contributed by atoms with Crippen molar-refractivity contribution in [3.8, 4) is 0 Å². The molecule has 0 atom stereocenters. The van der Waals surface area contributed by atoms with Crippen molar-refractivity contribution in [2.75, 3.05) is 18.5 Å². The minimum atomic E-state index is 0.933. The number of aryl methyl sites for hydroxylation is 1. The van der Waals surface area contributed by atoms with Crippen molar-refractivity contribution >= 4 is 11.4 Å². The molecule has 2 aromatic carbocycles. The van der Waals surface area contributed by atoms with Gasteiger partial charge in [-0.05, 0) is 55.3 Å². The molecule has 0 aliphatic carbocycles. The topological polar surface area (TPSA) is 15.3 Å². The fourth-order valence-corrected chi connectivity index (χ4v) is 2.84. The Balaban J connectivity index is 1.94. The largest absolute Gasteiger partial charge is 0.341 e. The summed E-state index contributed by atoms with van der Waals surface area (Å²) >= 11 is 0. The second-order valence-corrected chi connectivity index (χ2v) is 5.17. The zero-order valence-electron chi connectivity index (χ0n) is 11.6. The van der Waals surface area contributed by atoms with Crippen LogP contribution in [-0.2, 0) is 13.0 Å². The third-order valence-electron chi connectivity index (χ3n) is 3.89. The van der Waals surface area contributed by atoms with Crippen LogP contribution in [0.15, 0.2) is 42.5 Å². The first-order chi connectivity index (χ1) is 9.29. The molecule has 19 heavy (non-hydrogen) atoms. The number of anilines is 2. The van der Waals surface area contributed by atoms with E-state index in [0.717, 1.165) is 19.5 Å². The quantitative estimate of drug-likeness (QED) is 0.900. The SMILES string of the molecule is CNCc1ccc(N2CCc3ccccc32)cc1C. The lowest BCUT2D eigenvalue weighted by Crippen LogP contribution is -2.14. The van der Waals surface area contributed by atoms with Gasteiger partial charge in [-0.1, -0.05) is 24.3 Å². The summed E-state index contributed by atoms with van der Waals surface area (Å²) in [7, 11) is 1.99. The summed E-state index contributed by atoms with van der Waals surface area (Å²) in [6.45, 7) is 4.21. The van der Waals surface area contributed by atoms with Crippen molar-refractivity contribution < 1.29 is 0 Å². The van der Waals surface area contributed by atoms with E-state index >= 15 is 0 Å². The molecule has 2 aromatic rings. The smallest absolute Gasteiger partial charge is 0.0444 e. The highest BCUT2D eigenvalue weighted by Crippen LogP contribution is 2.34. The molecule has 1 heterocycles. The van der Waals surface area contributed by atoms with Gasteiger partial charge in [0.25, 0.3) is 0 Å². The van der Waals surface area contributed by atoms with Gasteiger partial charge in [0.2, 0.25) is 0 Å². The summed E-state index contributed by atoms with van der Waals surface area (Å²) < 4.78 is 0. The Morgan fingerprint density at radius 3 is 2.79 bits per heavy atom. The molecular weight excluding hydrogens is 232 g/mol. The predicted octanol–water partition coefficient (Wildman–Crippen LogP) is 3.41. The number of nitrogens with zero attached hydrogens (tertiary/aromatic N) is 1. The number of benzene rings is 2. The third kappa shape index (κ3) is 2.24. The minimum absolute atomic E-state index is 0.933. The molecule has 0 radical (unpaired) electrons. The number of hydrogen-bond donors (Lipinski definition) is 1. The highest BCUT2D eigenvalue weighted by molar-refractivity contribution is 5.70. The number of rotatable bonds is 3. The van der Waals surface area contributed by atoms with E-state index in [2.05, 4.69) is 59.6 Å². The van der Waals surface area contributed by atoms with E-state index in [4.69, 9.17) is 0 Å². The van der Waals surface area contributed by atoms with Gasteiger partial charge in [0, 0.05) is 24.5 Å². The number of fused-ring (bicyclic) bond motifs is 1. The van der Waals surface area contributed by atoms with Crippen molar-refractivity contribution in [3.05, 3.63) is 59.2 Å². The molecule has 1 aliphatic rings. The van der Waals surface area contributed by atoms with Crippen LogP contribution < -0.4 is 10.2 Å². The van der Waals surface area contributed by atoms with Gasteiger partial charge >= 0.3 is 0 Å². The van der Waals surface area contributed by atoms with Crippen LogP contribution in [0.5, 0.6) is 0 Å². The first kappa shape index (κ1) is 12.2. The van der Waals surface area contributed by atoms with Crippen LogP contribution in [0.25, 0.3) is 0 Å². The molecule has 2 heteroatoms. The summed E-state index contributed by atoms with van der Waals surface area (Å²) in [5.74, 6) is 0. The summed E-state index contributed by atoms with van der Waals surface area (Å²) in [5.41, 5.74) is 6.86. The molecule has 0 saturated carbocycles. The maximum Gasteiger partial charge on any atom is 0.0444 e. The van der Waals surface area contributed by atoms with Gasteiger partial charge in [-0.3, -0.25) is 0 Å². The van der Waals surface area contributed by atoms with Gasteiger partial charge in [0.05, 0.1) is 0 Å². The van der Waals surface area contributed by atoms with Crippen LogP contribution >= 0.6 is 0 Å². The van der Waals surface area contributed by atoms with Crippen molar-refractivity contribution in [2.45, 2.75) is 19.9 Å². The Kier molecular flexibility index (Phi) is 3.26. The maximum atomic E-state index is 3.22. The van der Waals surface area contributed by atoms with Gasteiger partial charge in [-0.15, -0.1) is 0 Å². The Morgan fingerprint density at radius 2 is 2.00 bits per heavy atom. The molecule has 0 amide bonds. The maximum absolute atomic E-state index is 3.22.